The van der Waals surface area contributed by atoms with Crippen LogP contribution in [-0.4, -0.2) is 9.13 Å². The highest BCUT2D eigenvalue weighted by Gasteiger charge is 2.33. The summed E-state index contributed by atoms with van der Waals surface area (Å²) in [5, 5.41) is 10.2. The van der Waals surface area contributed by atoms with Crippen LogP contribution >= 0.6 is 0 Å². The Morgan fingerprint density at radius 3 is 1.68 bits per heavy atom. The van der Waals surface area contributed by atoms with E-state index >= 15 is 0 Å². The zero-order valence-corrected chi connectivity index (χ0v) is 32.2. The molecule has 2 nitrogen and oxygen atoms in total. The fourth-order valence-corrected chi connectivity index (χ4v) is 10.3. The van der Waals surface area contributed by atoms with Crippen molar-refractivity contribution in [1.29, 1.82) is 0 Å². The van der Waals surface area contributed by atoms with Crippen molar-refractivity contribution in [2.45, 2.75) is 5.92 Å². The van der Waals surface area contributed by atoms with Crippen LogP contribution in [0, 0.1) is 0 Å². The largest absolute Gasteiger partial charge is 0.309 e. The van der Waals surface area contributed by atoms with Crippen LogP contribution in [-0.2, 0) is 0 Å². The highest BCUT2D eigenvalue weighted by Crippen LogP contribution is 2.53. The molecule has 2 heterocycles. The van der Waals surface area contributed by atoms with Gasteiger partial charge in [0.15, 0.2) is 0 Å². The Hall–Kier alpha value is -7.68. The van der Waals surface area contributed by atoms with Crippen molar-refractivity contribution in [1.82, 2.24) is 9.13 Å². The van der Waals surface area contributed by atoms with Gasteiger partial charge in [0.1, 0.15) is 0 Å². The monoisotopic (exact) mass is 748 g/mol. The van der Waals surface area contributed by atoms with Crippen LogP contribution in [0.1, 0.15) is 22.6 Å². The molecule has 0 N–H and O–H groups in total. The number of fused-ring (bicyclic) bond motifs is 11. The third kappa shape index (κ3) is 4.75. The maximum atomic E-state index is 2.51. The minimum absolute atomic E-state index is 0.103. The maximum absolute atomic E-state index is 2.51. The fraction of sp³-hybridized carbons (Fsp3) is 0.0175. The molecule has 0 amide bonds. The summed E-state index contributed by atoms with van der Waals surface area (Å²) in [6, 6.07) is 78.8. The van der Waals surface area contributed by atoms with Crippen molar-refractivity contribution >= 4 is 65.2 Å². The van der Waals surface area contributed by atoms with Gasteiger partial charge in [0.2, 0.25) is 0 Å². The Kier molecular flexibility index (Phi) is 6.82. The van der Waals surface area contributed by atoms with Gasteiger partial charge in [0.05, 0.1) is 22.1 Å². The van der Waals surface area contributed by atoms with Crippen molar-refractivity contribution in [3.8, 4) is 33.6 Å². The standard InChI is InChI=1S/C57H36N2/c1-2-17-41(18-3-1)58-53-23-10-9-21-45(53)51-34-52-49(35-56(51)58)48-32-39(26-29-47(48)57(52)46-22-12-16-37-14-6-7-19-43(37)46)40-27-30-55-50(33-40)44-20-8-11-24-54(44)59(55)42-28-25-36-13-4-5-15-38(36)31-42/h1-35,57H. The van der Waals surface area contributed by atoms with Gasteiger partial charge in [-0.25, -0.2) is 0 Å². The third-order valence-electron chi connectivity index (χ3n) is 13.0. The van der Waals surface area contributed by atoms with E-state index in [1.807, 2.05) is 0 Å². The van der Waals surface area contributed by atoms with Crippen molar-refractivity contribution in [2.75, 3.05) is 0 Å². The quantitative estimate of drug-likeness (QED) is 0.170. The van der Waals surface area contributed by atoms with Gasteiger partial charge in [0.25, 0.3) is 0 Å². The van der Waals surface area contributed by atoms with Crippen molar-refractivity contribution < 1.29 is 0 Å². The number of para-hydroxylation sites is 3. The predicted molar refractivity (Wildman–Crippen MR) is 248 cm³/mol. The normalized spacial score (nSPS) is 13.6. The minimum atomic E-state index is 0.103. The summed E-state index contributed by atoms with van der Waals surface area (Å²) in [6.45, 7) is 0. The third-order valence-corrected chi connectivity index (χ3v) is 13.0. The molecule has 0 radical (unpaired) electrons. The molecule has 0 bridgehead atoms. The number of hydrogen-bond acceptors (Lipinski definition) is 0. The van der Waals surface area contributed by atoms with Gasteiger partial charge in [-0.15, -0.1) is 0 Å². The molecule has 2 heteroatoms. The van der Waals surface area contributed by atoms with Gasteiger partial charge in [0, 0.05) is 38.8 Å². The average Bonchev–Trinajstić information content (AvgIpc) is 3.92. The Morgan fingerprint density at radius 1 is 0.271 bits per heavy atom. The molecule has 0 fully saturated rings. The van der Waals surface area contributed by atoms with Crippen LogP contribution in [0.15, 0.2) is 212 Å². The average molecular weight is 749 g/mol. The molecule has 59 heavy (non-hydrogen) atoms. The highest BCUT2D eigenvalue weighted by molar-refractivity contribution is 6.13. The Labute approximate surface area is 341 Å². The van der Waals surface area contributed by atoms with E-state index in [1.54, 1.807) is 0 Å². The lowest BCUT2D eigenvalue weighted by Crippen LogP contribution is -2.00. The van der Waals surface area contributed by atoms with E-state index < -0.39 is 0 Å². The highest BCUT2D eigenvalue weighted by atomic mass is 15.0. The Bertz CT molecular complexity index is 3670. The van der Waals surface area contributed by atoms with E-state index in [1.165, 1.54) is 115 Å². The molecule has 2 aromatic heterocycles. The summed E-state index contributed by atoms with van der Waals surface area (Å²) >= 11 is 0. The van der Waals surface area contributed by atoms with E-state index in [2.05, 4.69) is 221 Å². The molecule has 10 aromatic carbocycles. The van der Waals surface area contributed by atoms with E-state index in [-0.39, 0.29) is 5.92 Å². The second-order valence-electron chi connectivity index (χ2n) is 16.1. The molecule has 12 aromatic rings. The van der Waals surface area contributed by atoms with Crippen LogP contribution in [0.2, 0.25) is 0 Å². The summed E-state index contributed by atoms with van der Waals surface area (Å²) in [5.74, 6) is 0.103. The smallest absolute Gasteiger partial charge is 0.0547 e. The van der Waals surface area contributed by atoms with Gasteiger partial charge >= 0.3 is 0 Å². The zero-order chi connectivity index (χ0) is 38.6. The summed E-state index contributed by atoms with van der Waals surface area (Å²) < 4.78 is 4.87. The molecule has 274 valence electrons. The van der Waals surface area contributed by atoms with E-state index in [0.29, 0.717) is 0 Å². The van der Waals surface area contributed by atoms with Gasteiger partial charge < -0.3 is 9.13 Å². The number of hydrogen-bond donors (Lipinski definition) is 0. The molecule has 1 unspecified atom stereocenters. The molecule has 1 aliphatic carbocycles. The van der Waals surface area contributed by atoms with Crippen molar-refractivity contribution in [3.63, 3.8) is 0 Å². The molecule has 0 saturated heterocycles. The lowest BCUT2D eigenvalue weighted by molar-refractivity contribution is 1.03. The first-order chi connectivity index (χ1) is 29.3. The zero-order valence-electron chi connectivity index (χ0n) is 32.2. The van der Waals surface area contributed by atoms with Crippen LogP contribution < -0.4 is 0 Å². The van der Waals surface area contributed by atoms with Crippen LogP contribution in [0.25, 0.3) is 98.8 Å². The van der Waals surface area contributed by atoms with Gasteiger partial charge in [-0.2, -0.15) is 0 Å². The van der Waals surface area contributed by atoms with E-state index in [9.17, 15) is 0 Å². The molecule has 1 aliphatic rings. The molecule has 13 rings (SSSR count). The first kappa shape index (κ1) is 32.4. The van der Waals surface area contributed by atoms with Gasteiger partial charge in [-0.05, 0) is 127 Å². The minimum Gasteiger partial charge on any atom is -0.309 e. The van der Waals surface area contributed by atoms with E-state index in [4.69, 9.17) is 0 Å². The summed E-state index contributed by atoms with van der Waals surface area (Å²) in [4.78, 5) is 0. The summed E-state index contributed by atoms with van der Waals surface area (Å²) in [6.07, 6.45) is 0. The summed E-state index contributed by atoms with van der Waals surface area (Å²) in [7, 11) is 0. The SMILES string of the molecule is c1ccc(-n2c3ccccc3c3cc4c(cc32)-c2cc(-c3ccc5c(c3)c3ccccc3n5-c3ccc5ccccc5c3)ccc2C4c2cccc3ccccc23)cc1. The van der Waals surface area contributed by atoms with Crippen molar-refractivity contribution in [3.05, 3.63) is 229 Å². The predicted octanol–water partition coefficient (Wildman–Crippen LogP) is 15.0. The van der Waals surface area contributed by atoms with Crippen LogP contribution in [0.4, 0.5) is 0 Å². The van der Waals surface area contributed by atoms with Crippen LogP contribution in [0.3, 0.4) is 0 Å². The second-order valence-corrected chi connectivity index (χ2v) is 16.1. The lowest BCUT2D eigenvalue weighted by Gasteiger charge is -2.18. The number of benzene rings is 10. The maximum Gasteiger partial charge on any atom is 0.0547 e. The second kappa shape index (κ2) is 12.4. The number of nitrogens with zero attached hydrogens (tertiary/aromatic N) is 2. The molecule has 0 spiro atoms. The van der Waals surface area contributed by atoms with E-state index in [0.717, 1.165) is 0 Å². The molecular formula is C57H36N2. The number of rotatable bonds is 4. The molecular weight excluding hydrogens is 713 g/mol. The molecule has 1 atom stereocenters. The van der Waals surface area contributed by atoms with Crippen molar-refractivity contribution in [2.24, 2.45) is 0 Å². The van der Waals surface area contributed by atoms with Gasteiger partial charge in [-0.1, -0.05) is 146 Å². The van der Waals surface area contributed by atoms with Gasteiger partial charge in [-0.3, -0.25) is 0 Å². The Morgan fingerprint density at radius 2 is 0.864 bits per heavy atom. The first-order valence-electron chi connectivity index (χ1n) is 20.5. The number of aromatic nitrogens is 2. The molecule has 0 aliphatic heterocycles. The fourth-order valence-electron chi connectivity index (χ4n) is 10.3. The lowest BCUT2D eigenvalue weighted by atomic mass is 9.85. The Balaban J connectivity index is 1.04. The molecule has 0 saturated carbocycles. The summed E-state index contributed by atoms with van der Waals surface area (Å²) in [5.41, 5.74) is 16.4. The topological polar surface area (TPSA) is 9.86 Å². The van der Waals surface area contributed by atoms with Crippen LogP contribution in [0.5, 0.6) is 0 Å². The first-order valence-corrected chi connectivity index (χ1v) is 20.5.